The minimum atomic E-state index is -0.748. The molecule has 0 fully saturated rings. The summed E-state index contributed by atoms with van der Waals surface area (Å²) in [7, 11) is 0. The molecule has 0 rings (SSSR count). The second-order valence-electron chi connectivity index (χ2n) is 2.56. The molecule has 0 radical (unpaired) electrons. The third kappa shape index (κ3) is 9.49. The van der Waals surface area contributed by atoms with Crippen LogP contribution in [0.2, 0.25) is 0 Å². The minimum Gasteiger partial charge on any atom is -0.481 e. The molecule has 0 bridgehead atoms. The Hall–Kier alpha value is -0.510. The Morgan fingerprint density at radius 1 is 1.25 bits per heavy atom. The van der Waals surface area contributed by atoms with Gasteiger partial charge in [-0.2, -0.15) is 11.8 Å². The van der Waals surface area contributed by atoms with Gasteiger partial charge in [0.25, 0.3) is 0 Å². The SMILES string of the molecule is CC(=O)CCSCCCC(=O)O. The molecule has 4 heteroatoms. The normalized spacial score (nSPS) is 9.75. The van der Waals surface area contributed by atoms with E-state index in [4.69, 9.17) is 5.11 Å². The van der Waals surface area contributed by atoms with Crippen molar-refractivity contribution < 1.29 is 14.7 Å². The van der Waals surface area contributed by atoms with Crippen molar-refractivity contribution in [3.63, 3.8) is 0 Å². The summed E-state index contributed by atoms with van der Waals surface area (Å²) in [4.78, 5) is 20.6. The third-order valence-electron chi connectivity index (χ3n) is 1.28. The molecule has 0 saturated heterocycles. The molecule has 0 aromatic rings. The Bertz CT molecular complexity index is 138. The number of thioether (sulfide) groups is 1. The Morgan fingerprint density at radius 2 is 1.92 bits per heavy atom. The van der Waals surface area contributed by atoms with Crippen LogP contribution >= 0.6 is 11.8 Å². The summed E-state index contributed by atoms with van der Waals surface area (Å²) < 4.78 is 0. The second-order valence-corrected chi connectivity index (χ2v) is 3.79. The monoisotopic (exact) mass is 190 g/mol. The molecule has 70 valence electrons. The van der Waals surface area contributed by atoms with Gasteiger partial charge in [-0.15, -0.1) is 0 Å². The number of carbonyl (C=O) groups is 2. The summed E-state index contributed by atoms with van der Waals surface area (Å²) in [6.07, 6.45) is 1.52. The highest BCUT2D eigenvalue weighted by Crippen LogP contribution is 2.06. The highest BCUT2D eigenvalue weighted by molar-refractivity contribution is 7.99. The van der Waals surface area contributed by atoms with Crippen molar-refractivity contribution in [2.75, 3.05) is 11.5 Å². The highest BCUT2D eigenvalue weighted by Gasteiger charge is 1.97. The van der Waals surface area contributed by atoms with Crippen molar-refractivity contribution in [2.24, 2.45) is 0 Å². The van der Waals surface area contributed by atoms with Crippen molar-refractivity contribution in [2.45, 2.75) is 26.2 Å². The number of rotatable bonds is 7. The Labute approximate surface area is 76.5 Å². The van der Waals surface area contributed by atoms with Crippen molar-refractivity contribution >= 4 is 23.5 Å². The number of Topliss-reactive ketones (excluding diaryl/α,β-unsaturated/α-hetero) is 1. The van der Waals surface area contributed by atoms with Crippen LogP contribution in [0, 0.1) is 0 Å². The molecular formula is C8H14O3S. The summed E-state index contributed by atoms with van der Waals surface area (Å²) in [6.45, 7) is 1.57. The Morgan fingerprint density at radius 3 is 2.42 bits per heavy atom. The molecule has 3 nitrogen and oxygen atoms in total. The van der Waals surface area contributed by atoms with Crippen LogP contribution in [-0.2, 0) is 9.59 Å². The molecular weight excluding hydrogens is 176 g/mol. The smallest absolute Gasteiger partial charge is 0.303 e. The summed E-state index contributed by atoms with van der Waals surface area (Å²) in [5.74, 6) is 1.09. The Balaban J connectivity index is 3.01. The van der Waals surface area contributed by atoms with Crippen LogP contribution in [0.1, 0.15) is 26.2 Å². The predicted octanol–water partition coefficient (Wildman–Crippen LogP) is 1.56. The van der Waals surface area contributed by atoms with E-state index in [9.17, 15) is 9.59 Å². The van der Waals surface area contributed by atoms with Crippen LogP contribution in [0.15, 0.2) is 0 Å². The molecule has 0 aliphatic rings. The first-order valence-electron chi connectivity index (χ1n) is 3.92. The molecule has 0 amide bonds. The standard InChI is InChI=1S/C8H14O3S/c1-7(9)4-6-12-5-2-3-8(10)11/h2-6H2,1H3,(H,10,11). The molecule has 0 aromatic heterocycles. The number of carboxylic acid groups (broad SMARTS) is 1. The first kappa shape index (κ1) is 11.5. The summed E-state index contributed by atoms with van der Waals surface area (Å²) in [5.41, 5.74) is 0. The van der Waals surface area contributed by atoms with E-state index in [0.29, 0.717) is 12.8 Å². The van der Waals surface area contributed by atoms with Crippen LogP contribution in [0.3, 0.4) is 0 Å². The van der Waals surface area contributed by atoms with Gasteiger partial charge in [-0.3, -0.25) is 9.59 Å². The zero-order chi connectivity index (χ0) is 9.40. The largest absolute Gasteiger partial charge is 0.481 e. The maximum absolute atomic E-state index is 10.5. The van der Waals surface area contributed by atoms with Crippen LogP contribution in [0.5, 0.6) is 0 Å². The predicted molar refractivity (Wildman–Crippen MR) is 49.5 cm³/mol. The maximum atomic E-state index is 10.5. The number of aliphatic carboxylic acids is 1. The van der Waals surface area contributed by atoms with Crippen molar-refractivity contribution in [3.05, 3.63) is 0 Å². The number of hydrogen-bond donors (Lipinski definition) is 1. The summed E-state index contributed by atoms with van der Waals surface area (Å²) in [5, 5.41) is 8.29. The van der Waals surface area contributed by atoms with Gasteiger partial charge in [-0.25, -0.2) is 0 Å². The molecule has 0 aromatic carbocycles. The zero-order valence-corrected chi connectivity index (χ0v) is 8.02. The minimum absolute atomic E-state index is 0.195. The van der Waals surface area contributed by atoms with E-state index in [1.807, 2.05) is 0 Å². The lowest BCUT2D eigenvalue weighted by atomic mass is 10.3. The highest BCUT2D eigenvalue weighted by atomic mass is 32.2. The zero-order valence-electron chi connectivity index (χ0n) is 7.21. The first-order valence-corrected chi connectivity index (χ1v) is 5.07. The van der Waals surface area contributed by atoms with Gasteiger partial charge in [0.1, 0.15) is 5.78 Å². The van der Waals surface area contributed by atoms with Gasteiger partial charge in [0, 0.05) is 18.6 Å². The quantitative estimate of drug-likeness (QED) is 0.619. The third-order valence-corrected chi connectivity index (χ3v) is 2.35. The van der Waals surface area contributed by atoms with Gasteiger partial charge in [0.2, 0.25) is 0 Å². The second kappa shape index (κ2) is 7.16. The molecule has 0 unspecified atom stereocenters. The average Bonchev–Trinajstić information content (AvgIpc) is 1.95. The molecule has 0 atom stereocenters. The molecule has 1 N–H and O–H groups in total. The van der Waals surface area contributed by atoms with Crippen LogP contribution < -0.4 is 0 Å². The molecule has 0 spiro atoms. The van der Waals surface area contributed by atoms with E-state index in [0.717, 1.165) is 11.5 Å². The fourth-order valence-electron chi connectivity index (χ4n) is 0.643. The molecule has 0 heterocycles. The fourth-order valence-corrected chi connectivity index (χ4v) is 1.63. The molecule has 12 heavy (non-hydrogen) atoms. The molecule has 0 aliphatic carbocycles. The number of carbonyl (C=O) groups excluding carboxylic acids is 1. The van der Waals surface area contributed by atoms with E-state index < -0.39 is 5.97 Å². The van der Waals surface area contributed by atoms with E-state index in [2.05, 4.69) is 0 Å². The van der Waals surface area contributed by atoms with E-state index in [1.165, 1.54) is 0 Å². The van der Waals surface area contributed by atoms with Gasteiger partial charge >= 0.3 is 5.97 Å². The van der Waals surface area contributed by atoms with Gasteiger partial charge in [0.05, 0.1) is 0 Å². The summed E-state index contributed by atoms with van der Waals surface area (Å²) in [6, 6.07) is 0. The fraction of sp³-hybridized carbons (Fsp3) is 0.750. The van der Waals surface area contributed by atoms with Gasteiger partial charge in [0.15, 0.2) is 0 Å². The van der Waals surface area contributed by atoms with Crippen LogP contribution in [0.4, 0.5) is 0 Å². The lowest BCUT2D eigenvalue weighted by Gasteiger charge is -1.97. The van der Waals surface area contributed by atoms with E-state index >= 15 is 0 Å². The van der Waals surface area contributed by atoms with Gasteiger partial charge < -0.3 is 5.11 Å². The van der Waals surface area contributed by atoms with E-state index in [1.54, 1.807) is 18.7 Å². The first-order chi connectivity index (χ1) is 5.63. The van der Waals surface area contributed by atoms with Crippen LogP contribution in [0.25, 0.3) is 0 Å². The lowest BCUT2D eigenvalue weighted by Crippen LogP contribution is -1.96. The maximum Gasteiger partial charge on any atom is 0.303 e. The van der Waals surface area contributed by atoms with Crippen LogP contribution in [-0.4, -0.2) is 28.4 Å². The molecule has 0 aliphatic heterocycles. The lowest BCUT2D eigenvalue weighted by molar-refractivity contribution is -0.137. The molecule has 0 saturated carbocycles. The number of carboxylic acids is 1. The number of ketones is 1. The van der Waals surface area contributed by atoms with Gasteiger partial charge in [-0.1, -0.05) is 0 Å². The van der Waals surface area contributed by atoms with Crippen molar-refractivity contribution in [3.8, 4) is 0 Å². The average molecular weight is 190 g/mol. The van der Waals surface area contributed by atoms with E-state index in [-0.39, 0.29) is 12.2 Å². The van der Waals surface area contributed by atoms with Crippen molar-refractivity contribution in [1.82, 2.24) is 0 Å². The van der Waals surface area contributed by atoms with Crippen molar-refractivity contribution in [1.29, 1.82) is 0 Å². The number of hydrogen-bond acceptors (Lipinski definition) is 3. The topological polar surface area (TPSA) is 54.4 Å². The summed E-state index contributed by atoms with van der Waals surface area (Å²) >= 11 is 1.64. The Kier molecular flexibility index (Phi) is 6.85. The van der Waals surface area contributed by atoms with Gasteiger partial charge in [-0.05, 0) is 19.1 Å².